The summed E-state index contributed by atoms with van der Waals surface area (Å²) in [6.07, 6.45) is 7.73. The Morgan fingerprint density at radius 1 is 1.27 bits per heavy atom. The minimum atomic E-state index is -1.08. The molecule has 2 N–H and O–H groups in total. The number of aliphatic carboxylic acids is 1. The minimum Gasteiger partial charge on any atom is -0.481 e. The first kappa shape index (κ1) is 21.3. The maximum atomic E-state index is 13.9. The van der Waals surface area contributed by atoms with Crippen LogP contribution < -0.4 is 0 Å². The van der Waals surface area contributed by atoms with Crippen LogP contribution >= 0.6 is 0 Å². The number of likely N-dealkylation sites (tertiary alicyclic amines) is 1. The smallest absolute Gasteiger partial charge is 0.310 e. The average Bonchev–Trinajstić information content (AvgIpc) is 3.38. The van der Waals surface area contributed by atoms with Gasteiger partial charge in [-0.3, -0.25) is 14.4 Å². The van der Waals surface area contributed by atoms with Crippen molar-refractivity contribution in [2.75, 3.05) is 19.7 Å². The summed E-state index contributed by atoms with van der Waals surface area (Å²) in [5.41, 5.74) is -1.08. The van der Waals surface area contributed by atoms with E-state index in [1.165, 1.54) is 4.90 Å². The lowest BCUT2D eigenvalue weighted by atomic mass is 9.70. The third-order valence-electron chi connectivity index (χ3n) is 7.50. The maximum absolute atomic E-state index is 13.9. The van der Waals surface area contributed by atoms with Gasteiger partial charge >= 0.3 is 5.97 Å². The third kappa shape index (κ3) is 3.15. The Morgan fingerprint density at radius 3 is 2.63 bits per heavy atom. The molecule has 8 heteroatoms. The Hall–Kier alpha value is -1.93. The summed E-state index contributed by atoms with van der Waals surface area (Å²) in [5.74, 6) is -3.27. The molecule has 3 aliphatic heterocycles. The number of carboxylic acids is 1. The zero-order valence-corrected chi connectivity index (χ0v) is 17.4. The van der Waals surface area contributed by atoms with Gasteiger partial charge in [0.25, 0.3) is 0 Å². The number of fused-ring (bicyclic) bond motifs is 1. The molecule has 2 amide bonds. The van der Waals surface area contributed by atoms with Crippen molar-refractivity contribution in [1.29, 1.82) is 0 Å². The predicted molar refractivity (Wildman–Crippen MR) is 107 cm³/mol. The van der Waals surface area contributed by atoms with Crippen molar-refractivity contribution in [3.8, 4) is 0 Å². The number of amides is 2. The first-order chi connectivity index (χ1) is 14.5. The molecule has 30 heavy (non-hydrogen) atoms. The van der Waals surface area contributed by atoms with E-state index in [-0.39, 0.29) is 31.0 Å². The largest absolute Gasteiger partial charge is 0.481 e. The summed E-state index contributed by atoms with van der Waals surface area (Å²) in [4.78, 5) is 42.6. The molecule has 8 nitrogen and oxygen atoms in total. The second-order valence-corrected chi connectivity index (χ2v) is 9.07. The molecule has 1 spiro atoms. The van der Waals surface area contributed by atoms with Crippen molar-refractivity contribution in [3.63, 3.8) is 0 Å². The molecule has 1 aliphatic carbocycles. The van der Waals surface area contributed by atoms with Crippen LogP contribution in [0.3, 0.4) is 0 Å². The van der Waals surface area contributed by atoms with Gasteiger partial charge in [0, 0.05) is 25.7 Å². The highest BCUT2D eigenvalue weighted by molar-refractivity contribution is 5.98. The number of carboxylic acid groups (broad SMARTS) is 1. The van der Waals surface area contributed by atoms with Gasteiger partial charge in [0.1, 0.15) is 11.6 Å². The van der Waals surface area contributed by atoms with Crippen LogP contribution in [-0.4, -0.2) is 81.3 Å². The van der Waals surface area contributed by atoms with Crippen LogP contribution in [0.4, 0.5) is 0 Å². The number of rotatable bonds is 8. The average molecular weight is 421 g/mol. The molecule has 4 aliphatic rings. The number of aliphatic hydroxyl groups is 1. The molecule has 5 atom stereocenters. The number of ether oxygens (including phenoxy) is 1. The van der Waals surface area contributed by atoms with Crippen LogP contribution in [0.2, 0.25) is 0 Å². The van der Waals surface area contributed by atoms with Gasteiger partial charge in [0.2, 0.25) is 11.8 Å². The van der Waals surface area contributed by atoms with Gasteiger partial charge in [-0.25, -0.2) is 0 Å². The maximum Gasteiger partial charge on any atom is 0.310 e. The number of aliphatic hydroxyl groups excluding tert-OH is 1. The highest BCUT2D eigenvalue weighted by Gasteiger charge is 2.74. The number of carbonyl (C=O) groups is 3. The second-order valence-electron chi connectivity index (χ2n) is 9.07. The first-order valence-corrected chi connectivity index (χ1v) is 11.2. The summed E-state index contributed by atoms with van der Waals surface area (Å²) in [6.45, 7) is 4.33. The van der Waals surface area contributed by atoms with Crippen LogP contribution in [0, 0.1) is 11.8 Å². The van der Waals surface area contributed by atoms with Crippen molar-refractivity contribution in [3.05, 3.63) is 12.7 Å². The van der Waals surface area contributed by atoms with E-state index in [9.17, 15) is 24.6 Å². The Bertz CT molecular complexity index is 720. The lowest BCUT2D eigenvalue weighted by molar-refractivity contribution is -0.152. The molecule has 3 heterocycles. The summed E-state index contributed by atoms with van der Waals surface area (Å²) in [7, 11) is 0. The summed E-state index contributed by atoms with van der Waals surface area (Å²) in [5, 5.41) is 19.1. The third-order valence-corrected chi connectivity index (χ3v) is 7.50. The van der Waals surface area contributed by atoms with Gasteiger partial charge in [-0.1, -0.05) is 25.3 Å². The number of hydrogen-bond donors (Lipinski definition) is 2. The van der Waals surface area contributed by atoms with Crippen LogP contribution in [0.25, 0.3) is 0 Å². The number of carbonyl (C=O) groups excluding carboxylic acids is 2. The molecule has 166 valence electrons. The van der Waals surface area contributed by atoms with E-state index in [1.807, 2.05) is 4.90 Å². The van der Waals surface area contributed by atoms with Crippen LogP contribution in [0.5, 0.6) is 0 Å². The summed E-state index contributed by atoms with van der Waals surface area (Å²) < 4.78 is 6.21. The molecule has 0 aromatic carbocycles. The number of hydrogen-bond acceptors (Lipinski definition) is 5. The van der Waals surface area contributed by atoms with Crippen molar-refractivity contribution in [1.82, 2.24) is 9.80 Å². The zero-order valence-electron chi connectivity index (χ0n) is 17.4. The molecular weight excluding hydrogens is 388 g/mol. The van der Waals surface area contributed by atoms with Crippen LogP contribution in [0.1, 0.15) is 51.4 Å². The lowest BCUT2D eigenvalue weighted by Gasteiger charge is -2.40. The van der Waals surface area contributed by atoms with Crippen LogP contribution in [-0.2, 0) is 19.1 Å². The fourth-order valence-corrected chi connectivity index (χ4v) is 6.30. The van der Waals surface area contributed by atoms with Gasteiger partial charge in [-0.2, -0.15) is 0 Å². The molecule has 4 fully saturated rings. The fraction of sp³-hybridized carbons (Fsp3) is 0.773. The fourth-order valence-electron chi connectivity index (χ4n) is 6.30. The van der Waals surface area contributed by atoms with E-state index in [2.05, 4.69) is 6.58 Å². The Morgan fingerprint density at radius 2 is 2.00 bits per heavy atom. The SMILES string of the molecule is C=CCN(C(=O)[C@H]1N(CCCO)C(=O)[C@@H]2[C@@H](C(=O)O)[C@H]3CC[C@]21O3)C1CCCCC1. The van der Waals surface area contributed by atoms with E-state index in [4.69, 9.17) is 4.74 Å². The van der Waals surface area contributed by atoms with E-state index in [0.717, 1.165) is 32.1 Å². The van der Waals surface area contributed by atoms with Crippen molar-refractivity contribution >= 4 is 17.8 Å². The number of nitrogens with zero attached hydrogens (tertiary/aromatic N) is 2. The highest BCUT2D eigenvalue weighted by atomic mass is 16.5. The van der Waals surface area contributed by atoms with Gasteiger partial charge < -0.3 is 24.7 Å². The molecule has 3 saturated heterocycles. The molecule has 2 bridgehead atoms. The predicted octanol–water partition coefficient (Wildman–Crippen LogP) is 1.18. The quantitative estimate of drug-likeness (QED) is 0.571. The van der Waals surface area contributed by atoms with Crippen molar-refractivity contribution < 1.29 is 29.3 Å². The Kier molecular flexibility index (Phi) is 5.90. The van der Waals surface area contributed by atoms with E-state index in [1.54, 1.807) is 6.08 Å². The van der Waals surface area contributed by atoms with Gasteiger partial charge in [0.05, 0.1) is 17.9 Å². The normalized spacial score (nSPS) is 35.5. The molecule has 0 aromatic rings. The molecule has 0 unspecified atom stereocenters. The topological polar surface area (TPSA) is 107 Å². The van der Waals surface area contributed by atoms with E-state index < -0.39 is 35.6 Å². The molecule has 0 aromatic heterocycles. The first-order valence-electron chi connectivity index (χ1n) is 11.2. The Labute approximate surface area is 176 Å². The molecular formula is C22H32N2O6. The zero-order chi connectivity index (χ0) is 21.5. The second kappa shape index (κ2) is 8.30. The van der Waals surface area contributed by atoms with Crippen LogP contribution in [0.15, 0.2) is 12.7 Å². The standard InChI is InChI=1S/C22H32N2O6/c1-2-11-23(14-7-4-3-5-8-14)20(27)18-22-10-9-15(30-22)16(21(28)29)17(22)19(26)24(18)12-6-13-25/h2,14-18,25H,1,3-13H2,(H,28,29)/t15-,16+,17+,18-,22+/m1/s1. The van der Waals surface area contributed by atoms with E-state index in [0.29, 0.717) is 25.8 Å². The summed E-state index contributed by atoms with van der Waals surface area (Å²) in [6, 6.07) is -0.735. The van der Waals surface area contributed by atoms with Crippen molar-refractivity contribution in [2.24, 2.45) is 11.8 Å². The van der Waals surface area contributed by atoms with Gasteiger partial charge in [-0.15, -0.1) is 6.58 Å². The summed E-state index contributed by atoms with van der Waals surface area (Å²) >= 11 is 0. The monoisotopic (exact) mass is 420 g/mol. The highest BCUT2D eigenvalue weighted by Crippen LogP contribution is 2.58. The van der Waals surface area contributed by atoms with Crippen molar-refractivity contribution in [2.45, 2.75) is 75.2 Å². The lowest BCUT2D eigenvalue weighted by Crippen LogP contribution is -2.58. The molecule has 0 radical (unpaired) electrons. The van der Waals surface area contributed by atoms with Gasteiger partial charge in [-0.05, 0) is 32.1 Å². The van der Waals surface area contributed by atoms with E-state index >= 15 is 0 Å². The van der Waals surface area contributed by atoms with Gasteiger partial charge in [0.15, 0.2) is 0 Å². The minimum absolute atomic E-state index is 0.100. The molecule has 4 rings (SSSR count). The molecule has 1 saturated carbocycles. The Balaban J connectivity index is 1.70.